The van der Waals surface area contributed by atoms with Crippen molar-refractivity contribution in [3.8, 4) is 0 Å². The lowest BCUT2D eigenvalue weighted by molar-refractivity contribution is -0.208. The van der Waals surface area contributed by atoms with Crippen molar-refractivity contribution in [1.82, 2.24) is 0 Å². The Bertz CT molecular complexity index is 731. The summed E-state index contributed by atoms with van der Waals surface area (Å²) >= 11 is 0. The molecule has 3 N–H and O–H groups in total. The zero-order valence-electron chi connectivity index (χ0n) is 30.4. The first kappa shape index (κ1) is 44.4. The Morgan fingerprint density at radius 3 is 1.02 bits per heavy atom. The number of ether oxygens (including phenoxy) is 1. The molecule has 0 aliphatic carbocycles. The lowest BCUT2D eigenvalue weighted by Crippen LogP contribution is -2.61. The molecular formula is C39H74O7. The van der Waals surface area contributed by atoms with E-state index in [9.17, 15) is 29.7 Å². The van der Waals surface area contributed by atoms with Crippen LogP contribution in [0.3, 0.4) is 0 Å². The van der Waals surface area contributed by atoms with Gasteiger partial charge in [0.15, 0.2) is 5.60 Å². The largest absolute Gasteiger partial charge is 0.481 e. The van der Waals surface area contributed by atoms with E-state index in [0.29, 0.717) is 19.3 Å². The van der Waals surface area contributed by atoms with Crippen LogP contribution in [0.2, 0.25) is 0 Å². The van der Waals surface area contributed by atoms with Crippen LogP contribution in [0.4, 0.5) is 0 Å². The second-order valence-corrected chi connectivity index (χ2v) is 13.9. The number of hydrogen-bond donors (Lipinski definition) is 3. The molecule has 0 aromatic heterocycles. The van der Waals surface area contributed by atoms with Gasteiger partial charge >= 0.3 is 17.9 Å². The van der Waals surface area contributed by atoms with Crippen molar-refractivity contribution in [3.63, 3.8) is 0 Å². The molecule has 0 rings (SSSR count). The maximum atomic E-state index is 13.2. The fourth-order valence-corrected chi connectivity index (χ4v) is 6.96. The van der Waals surface area contributed by atoms with Gasteiger partial charge in [0.25, 0.3) is 0 Å². The Morgan fingerprint density at radius 2 is 0.739 bits per heavy atom. The SMILES string of the molecule is CCCCCCCCCCCOC(CC(=O)O)(C(=O)O)C(CCCCCCCCCCC)(CCCCCCCCCCC)C(=O)O. The first-order valence-corrected chi connectivity index (χ1v) is 19.6. The van der Waals surface area contributed by atoms with Crippen LogP contribution in [0.5, 0.6) is 0 Å². The van der Waals surface area contributed by atoms with Crippen molar-refractivity contribution in [2.24, 2.45) is 5.41 Å². The lowest BCUT2D eigenvalue weighted by atomic mass is 9.63. The fourth-order valence-electron chi connectivity index (χ4n) is 6.96. The maximum absolute atomic E-state index is 13.2. The van der Waals surface area contributed by atoms with E-state index in [1.165, 1.54) is 83.5 Å². The second kappa shape index (κ2) is 29.5. The molecule has 0 spiro atoms. The van der Waals surface area contributed by atoms with Crippen molar-refractivity contribution < 1.29 is 34.4 Å². The van der Waals surface area contributed by atoms with Gasteiger partial charge in [-0.3, -0.25) is 9.59 Å². The molecule has 0 fully saturated rings. The molecule has 1 atom stereocenters. The van der Waals surface area contributed by atoms with Crippen molar-refractivity contribution in [1.29, 1.82) is 0 Å². The molecule has 0 aromatic carbocycles. The van der Waals surface area contributed by atoms with Gasteiger partial charge in [-0.25, -0.2) is 4.79 Å². The van der Waals surface area contributed by atoms with Gasteiger partial charge in [0.05, 0.1) is 6.42 Å². The van der Waals surface area contributed by atoms with Crippen LogP contribution in [-0.2, 0) is 19.1 Å². The summed E-state index contributed by atoms with van der Waals surface area (Å²) in [6.07, 6.45) is 28.0. The van der Waals surface area contributed by atoms with E-state index in [2.05, 4.69) is 20.8 Å². The number of unbranched alkanes of at least 4 members (excludes halogenated alkanes) is 24. The van der Waals surface area contributed by atoms with Gasteiger partial charge in [-0.15, -0.1) is 0 Å². The first-order valence-electron chi connectivity index (χ1n) is 19.6. The van der Waals surface area contributed by atoms with Crippen LogP contribution in [0.15, 0.2) is 0 Å². The van der Waals surface area contributed by atoms with Gasteiger partial charge in [0.2, 0.25) is 0 Å². The van der Waals surface area contributed by atoms with Crippen molar-refractivity contribution in [2.75, 3.05) is 6.61 Å². The number of rotatable bonds is 36. The average Bonchev–Trinajstić information content (AvgIpc) is 3.02. The van der Waals surface area contributed by atoms with E-state index in [1.54, 1.807) is 0 Å². The van der Waals surface area contributed by atoms with E-state index in [1.807, 2.05) is 0 Å². The second-order valence-electron chi connectivity index (χ2n) is 13.9. The van der Waals surface area contributed by atoms with Crippen LogP contribution in [0.25, 0.3) is 0 Å². The molecule has 46 heavy (non-hydrogen) atoms. The minimum absolute atomic E-state index is 0.0555. The monoisotopic (exact) mass is 655 g/mol. The standard InChI is InChI=1S/C39H74O7/c1-4-7-10-13-16-19-22-25-28-31-38(36(42)43,32-29-26-23-20-17-14-11-8-5-2)39(37(44)45,34-35(40)41)46-33-30-27-24-21-18-15-12-9-6-3/h4-34H2,1-3H3,(H,40,41)(H,42,43)(H,44,45). The fraction of sp³-hybridized carbons (Fsp3) is 0.923. The minimum atomic E-state index is -2.30. The average molecular weight is 655 g/mol. The molecule has 0 bridgehead atoms. The van der Waals surface area contributed by atoms with E-state index < -0.39 is 35.3 Å². The molecule has 7 heteroatoms. The van der Waals surface area contributed by atoms with Crippen molar-refractivity contribution in [2.45, 2.75) is 219 Å². The van der Waals surface area contributed by atoms with Crippen LogP contribution < -0.4 is 0 Å². The molecule has 0 aliphatic heterocycles. The van der Waals surface area contributed by atoms with E-state index >= 15 is 0 Å². The zero-order valence-corrected chi connectivity index (χ0v) is 30.4. The highest BCUT2D eigenvalue weighted by atomic mass is 16.5. The molecule has 0 amide bonds. The van der Waals surface area contributed by atoms with Crippen molar-refractivity contribution >= 4 is 17.9 Å². The Morgan fingerprint density at radius 1 is 0.435 bits per heavy atom. The molecule has 0 saturated carbocycles. The topological polar surface area (TPSA) is 121 Å². The predicted molar refractivity (Wildman–Crippen MR) is 190 cm³/mol. The number of carbonyl (C=O) groups is 3. The number of aliphatic carboxylic acids is 3. The van der Waals surface area contributed by atoms with E-state index in [0.717, 1.165) is 70.6 Å². The summed E-state index contributed by atoms with van der Waals surface area (Å²) < 4.78 is 6.09. The van der Waals surface area contributed by atoms with Crippen LogP contribution >= 0.6 is 0 Å². The third-order valence-corrected chi connectivity index (χ3v) is 9.94. The van der Waals surface area contributed by atoms with E-state index in [4.69, 9.17) is 4.74 Å². The smallest absolute Gasteiger partial charge is 0.337 e. The normalized spacial score (nSPS) is 13.1. The summed E-state index contributed by atoms with van der Waals surface area (Å²) in [6, 6.07) is 0. The highest BCUT2D eigenvalue weighted by Gasteiger charge is 2.63. The Balaban J connectivity index is 5.59. The highest BCUT2D eigenvalue weighted by Crippen LogP contribution is 2.47. The molecule has 272 valence electrons. The summed E-state index contributed by atoms with van der Waals surface area (Å²) in [5, 5.41) is 31.4. The van der Waals surface area contributed by atoms with Gasteiger partial charge in [-0.05, 0) is 19.3 Å². The molecule has 1 unspecified atom stereocenters. The third kappa shape index (κ3) is 19.3. The zero-order chi connectivity index (χ0) is 34.4. The van der Waals surface area contributed by atoms with Gasteiger partial charge in [-0.2, -0.15) is 0 Å². The summed E-state index contributed by atoms with van der Waals surface area (Å²) in [4.78, 5) is 38.5. The van der Waals surface area contributed by atoms with Crippen LogP contribution in [0, 0.1) is 5.41 Å². The Labute approximate surface area is 283 Å². The number of carboxylic acid groups (broad SMARTS) is 3. The minimum Gasteiger partial charge on any atom is -0.481 e. The molecule has 7 nitrogen and oxygen atoms in total. The predicted octanol–water partition coefficient (Wildman–Crippen LogP) is 11.7. The van der Waals surface area contributed by atoms with Crippen LogP contribution in [0.1, 0.15) is 213 Å². The van der Waals surface area contributed by atoms with Crippen LogP contribution in [-0.4, -0.2) is 45.4 Å². The molecular weight excluding hydrogens is 580 g/mol. The Hall–Kier alpha value is -1.63. The summed E-state index contributed by atoms with van der Waals surface area (Å²) in [6.45, 7) is 6.66. The quantitative estimate of drug-likeness (QED) is 0.0575. The lowest BCUT2D eigenvalue weighted by Gasteiger charge is -2.44. The van der Waals surface area contributed by atoms with Gasteiger partial charge in [0.1, 0.15) is 5.41 Å². The Kier molecular flexibility index (Phi) is 28.5. The molecule has 0 aliphatic rings. The summed E-state index contributed by atoms with van der Waals surface area (Å²) in [5.41, 5.74) is -4.09. The first-order chi connectivity index (χ1) is 22.2. The third-order valence-electron chi connectivity index (χ3n) is 9.94. The highest BCUT2D eigenvalue weighted by molar-refractivity contribution is 5.92. The molecule has 0 radical (unpaired) electrons. The number of hydrogen-bond acceptors (Lipinski definition) is 4. The van der Waals surface area contributed by atoms with Gasteiger partial charge < -0.3 is 20.1 Å². The number of carboxylic acids is 3. The summed E-state index contributed by atoms with van der Waals surface area (Å²) in [7, 11) is 0. The molecule has 0 saturated heterocycles. The molecule has 0 heterocycles. The van der Waals surface area contributed by atoms with E-state index in [-0.39, 0.29) is 19.4 Å². The molecule has 0 aromatic rings. The van der Waals surface area contributed by atoms with Crippen molar-refractivity contribution in [3.05, 3.63) is 0 Å². The van der Waals surface area contributed by atoms with Gasteiger partial charge in [-0.1, -0.05) is 188 Å². The maximum Gasteiger partial charge on any atom is 0.337 e. The van der Waals surface area contributed by atoms with Gasteiger partial charge in [0, 0.05) is 6.61 Å². The summed E-state index contributed by atoms with van der Waals surface area (Å²) in [5.74, 6) is -4.03.